The summed E-state index contributed by atoms with van der Waals surface area (Å²) in [5.41, 5.74) is -3.19. The van der Waals surface area contributed by atoms with E-state index in [1.807, 2.05) is 0 Å². The highest BCUT2D eigenvalue weighted by molar-refractivity contribution is 8.01. The second kappa shape index (κ2) is 7.88. The number of nitro groups is 1. The van der Waals surface area contributed by atoms with E-state index in [0.717, 1.165) is 16.7 Å². The molecule has 2 aliphatic rings. The maximum atomic E-state index is 12.9. The van der Waals surface area contributed by atoms with E-state index < -0.39 is 50.9 Å². The first kappa shape index (κ1) is 22.0. The molecule has 1 amide bonds. The Hall–Kier alpha value is -2.66. The number of amides is 1. The van der Waals surface area contributed by atoms with Crippen LogP contribution >= 0.6 is 11.8 Å². The van der Waals surface area contributed by atoms with Crippen molar-refractivity contribution in [3.8, 4) is 0 Å². The number of carbonyl (C=O) groups excluding carboxylic acids is 3. The molecule has 0 aliphatic carbocycles. The minimum Gasteiger partial charge on any atom is -0.460 e. The van der Waals surface area contributed by atoms with Gasteiger partial charge in [0.25, 0.3) is 5.72 Å². The van der Waals surface area contributed by atoms with Crippen molar-refractivity contribution in [2.45, 2.75) is 61.8 Å². The summed E-state index contributed by atoms with van der Waals surface area (Å²) in [6.45, 7) is 5.02. The molecule has 0 bridgehead atoms. The molecule has 1 aromatic rings. The Morgan fingerprint density at radius 3 is 2.53 bits per heavy atom. The lowest BCUT2D eigenvalue weighted by Gasteiger charge is -2.41. The number of thioether (sulfide) groups is 1. The van der Waals surface area contributed by atoms with E-state index in [1.54, 1.807) is 39.0 Å². The van der Waals surface area contributed by atoms with Crippen molar-refractivity contribution >= 4 is 29.6 Å². The number of hydrogen-bond acceptors (Lipinski definition) is 9. The fourth-order valence-corrected chi connectivity index (χ4v) is 4.99. The molecule has 162 valence electrons. The Kier molecular flexibility index (Phi) is 5.79. The van der Waals surface area contributed by atoms with Crippen LogP contribution < -0.4 is 0 Å². The lowest BCUT2D eigenvalue weighted by molar-refractivity contribution is -0.576. The molecule has 30 heavy (non-hydrogen) atoms. The van der Waals surface area contributed by atoms with Crippen LogP contribution in [0.1, 0.15) is 45.4 Å². The molecule has 3 rings (SSSR count). The summed E-state index contributed by atoms with van der Waals surface area (Å²) in [5, 5.41) is 21.1. The average molecular weight is 438 g/mol. The zero-order valence-corrected chi connectivity index (χ0v) is 17.5. The van der Waals surface area contributed by atoms with E-state index in [0.29, 0.717) is 0 Å². The number of ether oxygens (including phenoxy) is 2. The van der Waals surface area contributed by atoms with Crippen LogP contribution in [0.15, 0.2) is 30.3 Å². The zero-order valence-electron chi connectivity index (χ0n) is 16.6. The number of rotatable bonds is 6. The van der Waals surface area contributed by atoms with Crippen molar-refractivity contribution in [2.24, 2.45) is 0 Å². The third-order valence-electron chi connectivity index (χ3n) is 4.61. The van der Waals surface area contributed by atoms with Gasteiger partial charge in [-0.15, -0.1) is 11.8 Å². The van der Waals surface area contributed by atoms with E-state index >= 15 is 0 Å². The van der Waals surface area contributed by atoms with Gasteiger partial charge in [0.2, 0.25) is 5.91 Å². The van der Waals surface area contributed by atoms with E-state index in [4.69, 9.17) is 9.47 Å². The van der Waals surface area contributed by atoms with E-state index in [9.17, 15) is 29.6 Å². The predicted molar refractivity (Wildman–Crippen MR) is 104 cm³/mol. The van der Waals surface area contributed by atoms with Crippen LogP contribution in [-0.4, -0.2) is 54.7 Å². The molecule has 2 fully saturated rings. The maximum absolute atomic E-state index is 12.9. The van der Waals surface area contributed by atoms with Crippen molar-refractivity contribution in [2.75, 3.05) is 0 Å². The molecule has 2 saturated heterocycles. The summed E-state index contributed by atoms with van der Waals surface area (Å²) >= 11 is 1.07. The van der Waals surface area contributed by atoms with Crippen molar-refractivity contribution in [1.29, 1.82) is 0 Å². The summed E-state index contributed by atoms with van der Waals surface area (Å²) in [4.78, 5) is 48.9. The number of aliphatic hydroxyl groups is 1. The number of nitrogens with zero attached hydrogens (tertiary/aromatic N) is 2. The molecular formula is C19H22N2O8S. The van der Waals surface area contributed by atoms with Gasteiger partial charge in [-0.25, -0.2) is 4.79 Å². The van der Waals surface area contributed by atoms with Gasteiger partial charge in [0, 0.05) is 0 Å². The number of benzene rings is 1. The van der Waals surface area contributed by atoms with Gasteiger partial charge in [-0.1, -0.05) is 18.2 Å². The Balaban J connectivity index is 1.85. The van der Waals surface area contributed by atoms with Crippen LogP contribution in [0, 0.1) is 10.1 Å². The van der Waals surface area contributed by atoms with Crippen molar-refractivity contribution < 1.29 is 33.9 Å². The van der Waals surface area contributed by atoms with Gasteiger partial charge in [-0.2, -0.15) is 0 Å². The average Bonchev–Trinajstić information content (AvgIpc) is 2.85. The number of carbonyl (C=O) groups is 3. The molecular weight excluding hydrogens is 416 g/mol. The van der Waals surface area contributed by atoms with Gasteiger partial charge < -0.3 is 14.6 Å². The normalized spacial score (nSPS) is 26.4. The van der Waals surface area contributed by atoms with Crippen molar-refractivity contribution in [3.63, 3.8) is 0 Å². The summed E-state index contributed by atoms with van der Waals surface area (Å²) in [6.07, 6.45) is -2.16. The van der Waals surface area contributed by atoms with Gasteiger partial charge in [0.1, 0.15) is 5.60 Å². The van der Waals surface area contributed by atoms with Gasteiger partial charge in [-0.05, 0) is 32.9 Å². The van der Waals surface area contributed by atoms with Crippen LogP contribution in [-0.2, 0) is 23.9 Å². The minimum absolute atomic E-state index is 0.0857. The third-order valence-corrected chi connectivity index (χ3v) is 6.13. The highest BCUT2D eigenvalue weighted by Gasteiger charge is 2.66. The van der Waals surface area contributed by atoms with Crippen molar-refractivity contribution in [1.82, 2.24) is 4.90 Å². The minimum atomic E-state index is -2.51. The Labute approximate surface area is 176 Å². The summed E-state index contributed by atoms with van der Waals surface area (Å²) in [6, 6.07) is 7.54. The first-order chi connectivity index (χ1) is 13.9. The molecule has 0 aromatic heterocycles. The fourth-order valence-electron chi connectivity index (χ4n) is 3.34. The maximum Gasteiger partial charge on any atom is 0.382 e. The lowest BCUT2D eigenvalue weighted by atomic mass is 10.00. The zero-order chi connectivity index (χ0) is 22.3. The van der Waals surface area contributed by atoms with Crippen LogP contribution in [0.2, 0.25) is 0 Å². The Bertz CT molecular complexity index is 871. The van der Waals surface area contributed by atoms with Gasteiger partial charge in [0.15, 0.2) is 0 Å². The smallest absolute Gasteiger partial charge is 0.382 e. The van der Waals surface area contributed by atoms with Gasteiger partial charge in [-0.3, -0.25) is 24.6 Å². The molecule has 1 N–H and O–H groups in total. The highest BCUT2D eigenvalue weighted by Crippen LogP contribution is 2.51. The quantitative estimate of drug-likeness (QED) is 0.231. The summed E-state index contributed by atoms with van der Waals surface area (Å²) in [5.74, 6) is -2.53. The topological polar surface area (TPSA) is 136 Å². The monoisotopic (exact) mass is 438 g/mol. The molecule has 10 nitrogen and oxygen atoms in total. The number of β-lactam (4-membered cyclic amide) rings is 1. The first-order valence-corrected chi connectivity index (χ1v) is 10.2. The van der Waals surface area contributed by atoms with Gasteiger partial charge in [0.05, 0.1) is 34.0 Å². The SMILES string of the molecule is CC(C)(C)OC(=O)CC1SC2CC(=O)N2C1(O)C(=O)OC(c1ccccc1)[N+](=O)[O-]. The van der Waals surface area contributed by atoms with Crippen LogP contribution in [0.5, 0.6) is 0 Å². The Morgan fingerprint density at radius 1 is 1.37 bits per heavy atom. The highest BCUT2D eigenvalue weighted by atomic mass is 32.2. The molecule has 0 spiro atoms. The second-order valence-corrected chi connectivity index (χ2v) is 9.40. The molecule has 4 unspecified atom stereocenters. The number of esters is 2. The van der Waals surface area contributed by atoms with E-state index in [-0.39, 0.29) is 18.4 Å². The molecule has 4 atom stereocenters. The van der Waals surface area contributed by atoms with Crippen LogP contribution in [0.25, 0.3) is 0 Å². The molecule has 2 aliphatic heterocycles. The molecule has 0 radical (unpaired) electrons. The molecule has 11 heteroatoms. The Morgan fingerprint density at radius 2 is 2.00 bits per heavy atom. The van der Waals surface area contributed by atoms with E-state index in [1.165, 1.54) is 12.1 Å². The summed E-state index contributed by atoms with van der Waals surface area (Å²) in [7, 11) is 0. The van der Waals surface area contributed by atoms with Crippen molar-refractivity contribution in [3.05, 3.63) is 46.0 Å². The predicted octanol–water partition coefficient (Wildman–Crippen LogP) is 1.60. The number of hydrogen-bond donors (Lipinski definition) is 1. The molecule has 2 heterocycles. The summed E-state index contributed by atoms with van der Waals surface area (Å²) < 4.78 is 10.3. The largest absolute Gasteiger partial charge is 0.460 e. The molecule has 0 saturated carbocycles. The van der Waals surface area contributed by atoms with E-state index in [2.05, 4.69) is 0 Å². The molecule has 1 aromatic carbocycles. The van der Waals surface area contributed by atoms with Crippen LogP contribution in [0.3, 0.4) is 0 Å². The third kappa shape index (κ3) is 4.12. The van der Waals surface area contributed by atoms with Crippen LogP contribution in [0.4, 0.5) is 0 Å². The standard InChI is InChI=1S/C19H22N2O8S/c1-18(2,3)29-15(23)9-12-19(25,20-13(22)10-14(20)30-12)17(24)28-16(21(26)27)11-7-5-4-6-8-11/h4-8,12,14,16,25H,9-10H2,1-3H3. The second-order valence-electron chi connectivity index (χ2n) is 8.02. The van der Waals surface area contributed by atoms with Gasteiger partial charge >= 0.3 is 18.2 Å². The lowest BCUT2D eigenvalue weighted by Crippen LogP contribution is -2.65. The fraction of sp³-hybridized carbons (Fsp3) is 0.526. The number of fused-ring (bicyclic) bond motifs is 1. The first-order valence-electron chi connectivity index (χ1n) is 9.25.